The van der Waals surface area contributed by atoms with Crippen LogP contribution in [0.4, 0.5) is 0 Å². The number of para-hydroxylation sites is 1. The fraction of sp³-hybridized carbons (Fsp3) is 0. The summed E-state index contributed by atoms with van der Waals surface area (Å²) in [5.41, 5.74) is 3.06. The molecule has 0 aliphatic rings. The zero-order chi connectivity index (χ0) is 17.7. The Hall–Kier alpha value is -2.70. The minimum Gasteiger partial charge on any atom is -0.454 e. The summed E-state index contributed by atoms with van der Waals surface area (Å²) in [6, 6.07) is 17.5. The van der Waals surface area contributed by atoms with Gasteiger partial charge in [-0.25, -0.2) is 4.98 Å². The molecule has 26 heavy (non-hydrogen) atoms. The number of thiazole rings is 1. The van der Waals surface area contributed by atoms with Crippen molar-refractivity contribution in [2.24, 2.45) is 0 Å². The third-order valence-corrected chi connectivity index (χ3v) is 5.51. The van der Waals surface area contributed by atoms with Gasteiger partial charge in [0.15, 0.2) is 5.76 Å². The second-order valence-electron chi connectivity index (χ2n) is 5.86. The van der Waals surface area contributed by atoms with Gasteiger partial charge in [-0.1, -0.05) is 34.1 Å². The molecule has 126 valence electrons. The van der Waals surface area contributed by atoms with Crippen LogP contribution in [0, 0.1) is 5.41 Å². The van der Waals surface area contributed by atoms with Crippen LogP contribution in [-0.4, -0.2) is 4.98 Å². The van der Waals surface area contributed by atoms with E-state index in [0.29, 0.717) is 16.9 Å². The Bertz CT molecular complexity index is 1330. The molecule has 3 aromatic heterocycles. The number of furan rings is 1. The highest BCUT2D eigenvalue weighted by Crippen LogP contribution is 2.33. The van der Waals surface area contributed by atoms with Crippen molar-refractivity contribution in [2.45, 2.75) is 0 Å². The van der Waals surface area contributed by atoms with Crippen LogP contribution in [0.25, 0.3) is 44.0 Å². The zero-order valence-electron chi connectivity index (χ0n) is 13.3. The molecule has 0 saturated heterocycles. The number of aromatic nitrogens is 1. The molecule has 1 N–H and O–H groups in total. The molecule has 0 bridgehead atoms. The van der Waals surface area contributed by atoms with Gasteiger partial charge in [-0.15, -0.1) is 11.3 Å². The van der Waals surface area contributed by atoms with Crippen LogP contribution in [0.3, 0.4) is 0 Å². The predicted octanol–water partition coefficient (Wildman–Crippen LogP) is 6.21. The third kappa shape index (κ3) is 2.58. The van der Waals surface area contributed by atoms with Crippen molar-refractivity contribution < 1.29 is 8.83 Å². The Morgan fingerprint density at radius 2 is 1.77 bits per heavy atom. The minimum absolute atomic E-state index is 0.109. The molecule has 3 heterocycles. The van der Waals surface area contributed by atoms with E-state index in [4.69, 9.17) is 14.2 Å². The first kappa shape index (κ1) is 15.5. The number of fused-ring (bicyclic) bond motifs is 2. The van der Waals surface area contributed by atoms with Crippen molar-refractivity contribution in [1.29, 1.82) is 5.41 Å². The van der Waals surface area contributed by atoms with E-state index in [9.17, 15) is 0 Å². The highest BCUT2D eigenvalue weighted by Gasteiger charge is 2.14. The average Bonchev–Trinajstić information content (AvgIpc) is 3.27. The molecule has 6 heteroatoms. The molecule has 0 atom stereocenters. The molecular formula is C20H11BrN2O2S. The smallest absolute Gasteiger partial charge is 0.222 e. The van der Waals surface area contributed by atoms with Gasteiger partial charge in [0.1, 0.15) is 21.9 Å². The number of halogens is 1. The fourth-order valence-electron chi connectivity index (χ4n) is 2.89. The van der Waals surface area contributed by atoms with Gasteiger partial charge in [0, 0.05) is 20.6 Å². The third-order valence-electron chi connectivity index (χ3n) is 4.14. The molecule has 0 fully saturated rings. The second-order valence-corrected chi connectivity index (χ2v) is 7.63. The van der Waals surface area contributed by atoms with Crippen LogP contribution < -0.4 is 5.55 Å². The van der Waals surface area contributed by atoms with Crippen LogP contribution in [-0.2, 0) is 0 Å². The monoisotopic (exact) mass is 422 g/mol. The molecule has 2 aromatic carbocycles. The molecule has 5 rings (SSSR count). The number of rotatable bonds is 2. The minimum atomic E-state index is 0.109. The van der Waals surface area contributed by atoms with E-state index in [1.165, 1.54) is 11.3 Å². The number of benzene rings is 2. The van der Waals surface area contributed by atoms with Crippen molar-refractivity contribution in [3.05, 3.63) is 70.0 Å². The molecule has 0 amide bonds. The summed E-state index contributed by atoms with van der Waals surface area (Å²) in [6.45, 7) is 0. The van der Waals surface area contributed by atoms with Crippen molar-refractivity contribution in [3.63, 3.8) is 0 Å². The summed E-state index contributed by atoms with van der Waals surface area (Å²) in [5.74, 6) is 0.713. The van der Waals surface area contributed by atoms with E-state index in [-0.39, 0.29) is 5.55 Å². The van der Waals surface area contributed by atoms with E-state index < -0.39 is 0 Å². The number of hydrogen-bond acceptors (Lipinski definition) is 5. The Kier molecular flexibility index (Phi) is 3.55. The van der Waals surface area contributed by atoms with Crippen LogP contribution in [0.2, 0.25) is 0 Å². The van der Waals surface area contributed by atoms with Gasteiger partial charge in [0.2, 0.25) is 5.55 Å². The molecule has 0 radical (unpaired) electrons. The first-order valence-electron chi connectivity index (χ1n) is 7.90. The van der Waals surface area contributed by atoms with Crippen LogP contribution in [0.5, 0.6) is 0 Å². The van der Waals surface area contributed by atoms with Crippen LogP contribution in [0.1, 0.15) is 0 Å². The van der Waals surface area contributed by atoms with Gasteiger partial charge in [-0.3, -0.25) is 5.41 Å². The lowest BCUT2D eigenvalue weighted by molar-refractivity contribution is 0.536. The summed E-state index contributed by atoms with van der Waals surface area (Å²) in [4.78, 5) is 4.67. The molecule has 0 saturated carbocycles. The summed E-state index contributed by atoms with van der Waals surface area (Å²) in [6.07, 6.45) is 0. The lowest BCUT2D eigenvalue weighted by Gasteiger charge is -2.00. The van der Waals surface area contributed by atoms with E-state index >= 15 is 0 Å². The van der Waals surface area contributed by atoms with Crippen molar-refractivity contribution in [2.75, 3.05) is 0 Å². The number of hydrogen-bond donors (Lipinski definition) is 1. The second kappa shape index (κ2) is 5.93. The lowest BCUT2D eigenvalue weighted by Crippen LogP contribution is -2.02. The van der Waals surface area contributed by atoms with E-state index in [1.54, 1.807) is 0 Å². The summed E-state index contributed by atoms with van der Waals surface area (Å²) < 4.78 is 12.5. The molecule has 0 aliphatic carbocycles. The Morgan fingerprint density at radius 3 is 2.69 bits per heavy atom. The zero-order valence-corrected chi connectivity index (χ0v) is 15.7. The molecule has 4 nitrogen and oxygen atoms in total. The van der Waals surface area contributed by atoms with Gasteiger partial charge >= 0.3 is 0 Å². The first-order chi connectivity index (χ1) is 12.7. The highest BCUT2D eigenvalue weighted by atomic mass is 79.9. The van der Waals surface area contributed by atoms with Gasteiger partial charge < -0.3 is 8.83 Å². The highest BCUT2D eigenvalue weighted by molar-refractivity contribution is 9.10. The molecule has 0 aliphatic heterocycles. The quantitative estimate of drug-likeness (QED) is 0.367. The maximum atomic E-state index is 8.19. The Labute approximate surface area is 160 Å². The molecule has 0 unspecified atom stereocenters. The standard InChI is InChI=1S/C20H11BrN2O2S/c21-13-5-6-17-12(7-13)9-18(24-17)15-10-26-20(23-15)14-8-11-3-1-2-4-16(11)25-19(14)22/h1-10,22H. The maximum Gasteiger partial charge on any atom is 0.222 e. The maximum absolute atomic E-state index is 8.19. The van der Waals surface area contributed by atoms with Gasteiger partial charge in [-0.2, -0.15) is 0 Å². The van der Waals surface area contributed by atoms with Gasteiger partial charge in [0.05, 0.1) is 5.56 Å². The van der Waals surface area contributed by atoms with E-state index in [1.807, 2.05) is 60.0 Å². The molecule has 5 aromatic rings. The predicted molar refractivity (Wildman–Crippen MR) is 106 cm³/mol. The van der Waals surface area contributed by atoms with Crippen LogP contribution >= 0.6 is 27.3 Å². The lowest BCUT2D eigenvalue weighted by atomic mass is 10.2. The number of nitrogens with one attached hydrogen (secondary N) is 1. The normalized spacial score (nSPS) is 11.4. The van der Waals surface area contributed by atoms with Crippen molar-refractivity contribution in [1.82, 2.24) is 4.98 Å². The van der Waals surface area contributed by atoms with Gasteiger partial charge in [-0.05, 0) is 36.4 Å². The van der Waals surface area contributed by atoms with Gasteiger partial charge in [0.25, 0.3) is 0 Å². The van der Waals surface area contributed by atoms with E-state index in [2.05, 4.69) is 20.9 Å². The largest absolute Gasteiger partial charge is 0.454 e. The SMILES string of the molecule is N=c1oc2ccccc2cc1-c1nc(-c2cc3cc(Br)ccc3o2)cs1. The first-order valence-corrected chi connectivity index (χ1v) is 9.57. The topological polar surface area (TPSA) is 63.0 Å². The summed E-state index contributed by atoms with van der Waals surface area (Å²) in [5, 5.41) is 12.8. The Morgan fingerprint density at radius 1 is 0.923 bits per heavy atom. The number of nitrogens with zero attached hydrogens (tertiary/aromatic N) is 1. The van der Waals surface area contributed by atoms with E-state index in [0.717, 1.165) is 31.5 Å². The van der Waals surface area contributed by atoms with Crippen molar-refractivity contribution >= 4 is 49.2 Å². The Balaban J connectivity index is 1.61. The van der Waals surface area contributed by atoms with Crippen LogP contribution in [0.15, 0.2) is 73.3 Å². The fourth-order valence-corrected chi connectivity index (χ4v) is 4.09. The summed E-state index contributed by atoms with van der Waals surface area (Å²) in [7, 11) is 0. The average molecular weight is 423 g/mol. The molecular weight excluding hydrogens is 412 g/mol. The molecule has 0 spiro atoms. The summed E-state index contributed by atoms with van der Waals surface area (Å²) >= 11 is 4.95. The van der Waals surface area contributed by atoms with Crippen molar-refractivity contribution in [3.8, 4) is 22.0 Å².